The molecule has 1 heterocycles. The summed E-state index contributed by atoms with van der Waals surface area (Å²) in [6.45, 7) is 6.40. The van der Waals surface area contributed by atoms with E-state index in [1.807, 2.05) is 39.0 Å². The van der Waals surface area contributed by atoms with Crippen molar-refractivity contribution in [2.24, 2.45) is 5.92 Å². The number of aliphatic carboxylic acids is 1. The third-order valence-corrected chi connectivity index (χ3v) is 3.46. The average Bonchev–Trinajstić information content (AvgIpc) is 2.65. The van der Waals surface area contributed by atoms with Crippen LogP contribution in [0, 0.1) is 12.8 Å². The molecule has 1 atom stereocenters. The van der Waals surface area contributed by atoms with Crippen LogP contribution in [0.1, 0.15) is 25.1 Å². The Labute approximate surface area is 112 Å². The third-order valence-electron chi connectivity index (χ3n) is 3.46. The second-order valence-electron chi connectivity index (χ2n) is 5.21. The van der Waals surface area contributed by atoms with E-state index in [4.69, 9.17) is 0 Å². The summed E-state index contributed by atoms with van der Waals surface area (Å²) >= 11 is 0. The third kappa shape index (κ3) is 2.79. The maximum Gasteiger partial charge on any atom is 0.320 e. The van der Waals surface area contributed by atoms with Crippen LogP contribution in [0.4, 0.5) is 0 Å². The molecule has 102 valence electrons. The standard InChI is InChI=1S/C15H20N2O2/c1-9(2)14(15(18)19)16-8-12-10(3)17-13-7-5-4-6-11(12)13/h4-7,9,14,16-17H,8H2,1-3H3,(H,18,19). The molecule has 1 aromatic heterocycles. The summed E-state index contributed by atoms with van der Waals surface area (Å²) in [7, 11) is 0. The zero-order valence-corrected chi connectivity index (χ0v) is 11.5. The molecule has 0 bridgehead atoms. The van der Waals surface area contributed by atoms with Crippen LogP contribution in [0.3, 0.4) is 0 Å². The van der Waals surface area contributed by atoms with Crippen molar-refractivity contribution in [3.63, 3.8) is 0 Å². The van der Waals surface area contributed by atoms with Crippen molar-refractivity contribution in [3.8, 4) is 0 Å². The first-order valence-corrected chi connectivity index (χ1v) is 6.53. The highest BCUT2D eigenvalue weighted by Gasteiger charge is 2.21. The molecule has 1 unspecified atom stereocenters. The molecule has 0 amide bonds. The lowest BCUT2D eigenvalue weighted by molar-refractivity contribution is -0.140. The van der Waals surface area contributed by atoms with Crippen LogP contribution >= 0.6 is 0 Å². The Balaban J connectivity index is 2.22. The van der Waals surface area contributed by atoms with Gasteiger partial charge in [-0.15, -0.1) is 0 Å². The summed E-state index contributed by atoms with van der Waals surface area (Å²) in [5.74, 6) is -0.740. The lowest BCUT2D eigenvalue weighted by Gasteiger charge is -2.18. The lowest BCUT2D eigenvalue weighted by atomic mass is 10.0. The van der Waals surface area contributed by atoms with Gasteiger partial charge in [-0.05, 0) is 24.5 Å². The van der Waals surface area contributed by atoms with Gasteiger partial charge in [-0.25, -0.2) is 0 Å². The molecule has 1 aromatic carbocycles. The smallest absolute Gasteiger partial charge is 0.320 e. The maximum atomic E-state index is 11.2. The summed E-state index contributed by atoms with van der Waals surface area (Å²) in [6, 6.07) is 7.55. The van der Waals surface area contributed by atoms with E-state index in [0.29, 0.717) is 6.54 Å². The molecule has 2 aromatic rings. The molecule has 0 fully saturated rings. The lowest BCUT2D eigenvalue weighted by Crippen LogP contribution is -2.40. The van der Waals surface area contributed by atoms with Crippen LogP contribution in [0.2, 0.25) is 0 Å². The van der Waals surface area contributed by atoms with E-state index in [-0.39, 0.29) is 5.92 Å². The van der Waals surface area contributed by atoms with E-state index < -0.39 is 12.0 Å². The number of hydrogen-bond acceptors (Lipinski definition) is 2. The Bertz CT molecular complexity index is 587. The van der Waals surface area contributed by atoms with Crippen molar-refractivity contribution in [1.29, 1.82) is 0 Å². The number of carbonyl (C=O) groups is 1. The number of aromatic amines is 1. The van der Waals surface area contributed by atoms with Gasteiger partial charge in [0.05, 0.1) is 0 Å². The van der Waals surface area contributed by atoms with Crippen LogP contribution in [0.25, 0.3) is 10.9 Å². The molecular formula is C15H20N2O2. The largest absolute Gasteiger partial charge is 0.480 e. The molecule has 0 aliphatic carbocycles. The van der Waals surface area contributed by atoms with E-state index in [0.717, 1.165) is 22.2 Å². The van der Waals surface area contributed by atoms with Gasteiger partial charge in [0.2, 0.25) is 0 Å². The van der Waals surface area contributed by atoms with Gasteiger partial charge in [-0.1, -0.05) is 32.0 Å². The second kappa shape index (κ2) is 5.45. The first-order chi connectivity index (χ1) is 9.00. The van der Waals surface area contributed by atoms with Crippen molar-refractivity contribution >= 4 is 16.9 Å². The number of H-pyrrole nitrogens is 1. The van der Waals surface area contributed by atoms with Crippen molar-refractivity contribution in [1.82, 2.24) is 10.3 Å². The van der Waals surface area contributed by atoms with E-state index >= 15 is 0 Å². The van der Waals surface area contributed by atoms with Gasteiger partial charge in [0.25, 0.3) is 0 Å². The summed E-state index contributed by atoms with van der Waals surface area (Å²) in [6.07, 6.45) is 0. The van der Waals surface area contributed by atoms with Crippen LogP contribution in [-0.2, 0) is 11.3 Å². The normalized spacial score (nSPS) is 13.1. The summed E-state index contributed by atoms with van der Waals surface area (Å²) in [5.41, 5.74) is 3.32. The number of carboxylic acids is 1. The van der Waals surface area contributed by atoms with E-state index in [1.165, 1.54) is 0 Å². The Morgan fingerprint density at radius 3 is 2.68 bits per heavy atom. The van der Waals surface area contributed by atoms with Crippen LogP contribution < -0.4 is 5.32 Å². The fraction of sp³-hybridized carbons (Fsp3) is 0.400. The molecule has 0 radical (unpaired) electrons. The van der Waals surface area contributed by atoms with Gasteiger partial charge in [0.1, 0.15) is 6.04 Å². The van der Waals surface area contributed by atoms with Crippen LogP contribution in [-0.4, -0.2) is 22.1 Å². The highest BCUT2D eigenvalue weighted by atomic mass is 16.4. The van der Waals surface area contributed by atoms with Gasteiger partial charge in [0.15, 0.2) is 0 Å². The summed E-state index contributed by atoms with van der Waals surface area (Å²) < 4.78 is 0. The predicted octanol–water partition coefficient (Wildman–Crippen LogP) is 2.68. The zero-order chi connectivity index (χ0) is 14.0. The highest BCUT2D eigenvalue weighted by molar-refractivity contribution is 5.84. The minimum absolute atomic E-state index is 0.0583. The summed E-state index contributed by atoms with van der Waals surface area (Å²) in [5, 5.41) is 13.5. The molecule has 4 nitrogen and oxygen atoms in total. The molecular weight excluding hydrogens is 240 g/mol. The van der Waals surface area contributed by atoms with Gasteiger partial charge in [-0.3, -0.25) is 10.1 Å². The molecule has 0 aliphatic rings. The number of hydrogen-bond donors (Lipinski definition) is 3. The molecule has 3 N–H and O–H groups in total. The number of benzene rings is 1. The number of aryl methyl sites for hydroxylation is 1. The monoisotopic (exact) mass is 260 g/mol. The fourth-order valence-corrected chi connectivity index (χ4v) is 2.38. The first kappa shape index (κ1) is 13.6. The number of aromatic nitrogens is 1. The molecule has 2 rings (SSSR count). The zero-order valence-electron chi connectivity index (χ0n) is 11.5. The Morgan fingerprint density at radius 1 is 1.37 bits per heavy atom. The molecule has 4 heteroatoms. The van der Waals surface area contributed by atoms with Crippen LogP contribution in [0.15, 0.2) is 24.3 Å². The average molecular weight is 260 g/mol. The minimum atomic E-state index is -0.799. The Morgan fingerprint density at radius 2 is 2.05 bits per heavy atom. The molecule has 0 aliphatic heterocycles. The number of fused-ring (bicyclic) bond motifs is 1. The van der Waals surface area contributed by atoms with Crippen LogP contribution in [0.5, 0.6) is 0 Å². The Hall–Kier alpha value is -1.81. The highest BCUT2D eigenvalue weighted by Crippen LogP contribution is 2.21. The predicted molar refractivity (Wildman–Crippen MR) is 76.1 cm³/mol. The van der Waals surface area contributed by atoms with Crippen molar-refractivity contribution in [2.45, 2.75) is 33.4 Å². The topological polar surface area (TPSA) is 65.1 Å². The first-order valence-electron chi connectivity index (χ1n) is 6.53. The quantitative estimate of drug-likeness (QED) is 0.774. The number of rotatable bonds is 5. The molecule has 19 heavy (non-hydrogen) atoms. The van der Waals surface area contributed by atoms with Gasteiger partial charge < -0.3 is 10.1 Å². The van der Waals surface area contributed by atoms with Gasteiger partial charge >= 0.3 is 5.97 Å². The Kier molecular flexibility index (Phi) is 3.90. The fourth-order valence-electron chi connectivity index (χ4n) is 2.38. The van der Waals surface area contributed by atoms with Gasteiger partial charge in [-0.2, -0.15) is 0 Å². The summed E-state index contributed by atoms with van der Waals surface area (Å²) in [4.78, 5) is 14.5. The number of nitrogens with one attached hydrogen (secondary N) is 2. The van der Waals surface area contributed by atoms with E-state index in [1.54, 1.807) is 0 Å². The second-order valence-corrected chi connectivity index (χ2v) is 5.21. The minimum Gasteiger partial charge on any atom is -0.480 e. The number of para-hydroxylation sites is 1. The van der Waals surface area contributed by atoms with E-state index in [2.05, 4.69) is 16.4 Å². The number of carboxylic acid groups (broad SMARTS) is 1. The van der Waals surface area contributed by atoms with Crippen molar-refractivity contribution in [3.05, 3.63) is 35.5 Å². The van der Waals surface area contributed by atoms with Gasteiger partial charge in [0, 0.05) is 23.1 Å². The maximum absolute atomic E-state index is 11.2. The molecule has 0 saturated heterocycles. The molecule has 0 saturated carbocycles. The molecule has 0 spiro atoms. The van der Waals surface area contributed by atoms with Crippen molar-refractivity contribution < 1.29 is 9.90 Å². The van der Waals surface area contributed by atoms with Crippen molar-refractivity contribution in [2.75, 3.05) is 0 Å². The SMILES string of the molecule is Cc1[nH]c2ccccc2c1CNC(C(=O)O)C(C)C. The van der Waals surface area contributed by atoms with E-state index in [9.17, 15) is 9.90 Å².